The molecule has 1 aliphatic heterocycles. The summed E-state index contributed by atoms with van der Waals surface area (Å²) in [6.45, 7) is 7.11. The molecule has 94 valence electrons. The van der Waals surface area contributed by atoms with E-state index in [1.54, 1.807) is 7.11 Å². The summed E-state index contributed by atoms with van der Waals surface area (Å²) in [7, 11) is 1.64. The van der Waals surface area contributed by atoms with Gasteiger partial charge in [0.1, 0.15) is 11.6 Å². The van der Waals surface area contributed by atoms with E-state index in [2.05, 4.69) is 27.1 Å². The molecule has 1 aliphatic rings. The Morgan fingerprint density at radius 1 is 1.53 bits per heavy atom. The fourth-order valence-electron chi connectivity index (χ4n) is 2.29. The van der Waals surface area contributed by atoms with E-state index in [1.807, 2.05) is 13.0 Å². The molecule has 1 saturated heterocycles. The first kappa shape index (κ1) is 12.1. The summed E-state index contributed by atoms with van der Waals surface area (Å²) >= 11 is 0. The van der Waals surface area contributed by atoms with Crippen LogP contribution in [0.25, 0.3) is 0 Å². The largest absolute Gasteiger partial charge is 0.481 e. The standard InChI is InChI=1S/C12H20N4O/c1-4-16(10-5-6-13-8-10)11-7-12(17-3)15-9(2)14-11/h7,10,13H,4-6,8H2,1-3H3. The normalized spacial score (nSPS) is 19.4. The third-order valence-electron chi connectivity index (χ3n) is 3.12. The summed E-state index contributed by atoms with van der Waals surface area (Å²) in [4.78, 5) is 11.0. The van der Waals surface area contributed by atoms with E-state index in [-0.39, 0.29) is 0 Å². The van der Waals surface area contributed by atoms with Gasteiger partial charge in [-0.2, -0.15) is 4.98 Å². The zero-order valence-electron chi connectivity index (χ0n) is 10.7. The van der Waals surface area contributed by atoms with Crippen LogP contribution in [0.15, 0.2) is 6.07 Å². The predicted molar refractivity (Wildman–Crippen MR) is 67.6 cm³/mol. The Kier molecular flexibility index (Phi) is 3.78. The summed E-state index contributed by atoms with van der Waals surface area (Å²) in [5.74, 6) is 2.35. The van der Waals surface area contributed by atoms with Crippen LogP contribution in [-0.2, 0) is 0 Å². The summed E-state index contributed by atoms with van der Waals surface area (Å²) in [6.07, 6.45) is 1.17. The Hall–Kier alpha value is -1.36. The zero-order valence-corrected chi connectivity index (χ0v) is 10.7. The van der Waals surface area contributed by atoms with Crippen LogP contribution >= 0.6 is 0 Å². The molecular weight excluding hydrogens is 216 g/mol. The number of aryl methyl sites for hydroxylation is 1. The highest BCUT2D eigenvalue weighted by Gasteiger charge is 2.22. The molecule has 0 spiro atoms. The highest BCUT2D eigenvalue weighted by Crippen LogP contribution is 2.21. The molecular formula is C12H20N4O. The molecule has 5 nitrogen and oxygen atoms in total. The van der Waals surface area contributed by atoms with Crippen molar-refractivity contribution in [3.05, 3.63) is 11.9 Å². The third-order valence-corrected chi connectivity index (χ3v) is 3.12. The van der Waals surface area contributed by atoms with E-state index in [1.165, 1.54) is 6.42 Å². The van der Waals surface area contributed by atoms with Crippen LogP contribution in [0, 0.1) is 6.92 Å². The Labute approximate surface area is 102 Å². The predicted octanol–water partition coefficient (Wildman–Crippen LogP) is 0.982. The average molecular weight is 236 g/mol. The molecule has 1 unspecified atom stereocenters. The van der Waals surface area contributed by atoms with E-state index in [9.17, 15) is 0 Å². The van der Waals surface area contributed by atoms with E-state index in [4.69, 9.17) is 4.74 Å². The first-order valence-corrected chi connectivity index (χ1v) is 6.11. The summed E-state index contributed by atoms with van der Waals surface area (Å²) in [6, 6.07) is 2.44. The van der Waals surface area contributed by atoms with Crippen molar-refractivity contribution in [3.63, 3.8) is 0 Å². The first-order valence-electron chi connectivity index (χ1n) is 6.11. The van der Waals surface area contributed by atoms with Crippen molar-refractivity contribution in [1.82, 2.24) is 15.3 Å². The Bertz CT molecular complexity index is 377. The van der Waals surface area contributed by atoms with Gasteiger partial charge < -0.3 is 15.0 Å². The minimum absolute atomic E-state index is 0.527. The van der Waals surface area contributed by atoms with Gasteiger partial charge in [0.05, 0.1) is 7.11 Å². The van der Waals surface area contributed by atoms with Gasteiger partial charge in [-0.15, -0.1) is 0 Å². The van der Waals surface area contributed by atoms with Crippen molar-refractivity contribution in [2.24, 2.45) is 0 Å². The van der Waals surface area contributed by atoms with Crippen LogP contribution in [0.2, 0.25) is 0 Å². The number of anilines is 1. The van der Waals surface area contributed by atoms with Gasteiger partial charge in [-0.3, -0.25) is 0 Å². The lowest BCUT2D eigenvalue weighted by molar-refractivity contribution is 0.395. The molecule has 1 aromatic heterocycles. The molecule has 0 aliphatic carbocycles. The van der Waals surface area contributed by atoms with Gasteiger partial charge in [-0.25, -0.2) is 4.98 Å². The average Bonchev–Trinajstić information content (AvgIpc) is 2.83. The van der Waals surface area contributed by atoms with Gasteiger partial charge >= 0.3 is 0 Å². The molecule has 2 rings (SSSR count). The smallest absolute Gasteiger partial charge is 0.218 e. The van der Waals surface area contributed by atoms with Crippen LogP contribution in [0.1, 0.15) is 19.2 Å². The Balaban J connectivity index is 2.25. The van der Waals surface area contributed by atoms with Crippen molar-refractivity contribution in [3.8, 4) is 5.88 Å². The van der Waals surface area contributed by atoms with Crippen LogP contribution < -0.4 is 15.0 Å². The Morgan fingerprint density at radius 2 is 2.35 bits per heavy atom. The number of hydrogen-bond acceptors (Lipinski definition) is 5. The lowest BCUT2D eigenvalue weighted by Gasteiger charge is -2.28. The van der Waals surface area contributed by atoms with Gasteiger partial charge in [0.15, 0.2) is 0 Å². The third kappa shape index (κ3) is 2.66. The van der Waals surface area contributed by atoms with Gasteiger partial charge in [-0.1, -0.05) is 0 Å². The quantitative estimate of drug-likeness (QED) is 0.844. The number of likely N-dealkylation sites (N-methyl/N-ethyl adjacent to an activating group) is 1. The number of nitrogens with zero attached hydrogens (tertiary/aromatic N) is 3. The lowest BCUT2D eigenvalue weighted by atomic mass is 10.2. The molecule has 17 heavy (non-hydrogen) atoms. The van der Waals surface area contributed by atoms with Gasteiger partial charge in [0, 0.05) is 25.2 Å². The van der Waals surface area contributed by atoms with Crippen molar-refractivity contribution < 1.29 is 4.74 Å². The first-order chi connectivity index (χ1) is 8.24. The van der Waals surface area contributed by atoms with Crippen molar-refractivity contribution in [2.75, 3.05) is 31.6 Å². The van der Waals surface area contributed by atoms with Crippen molar-refractivity contribution >= 4 is 5.82 Å². The molecule has 1 N–H and O–H groups in total. The minimum Gasteiger partial charge on any atom is -0.481 e. The highest BCUT2D eigenvalue weighted by molar-refractivity contribution is 5.43. The SMILES string of the molecule is CCN(c1cc(OC)nc(C)n1)C1CCNC1. The van der Waals surface area contributed by atoms with Gasteiger partial charge in [0.25, 0.3) is 0 Å². The number of methoxy groups -OCH3 is 1. The van der Waals surface area contributed by atoms with E-state index in [0.29, 0.717) is 11.9 Å². The maximum absolute atomic E-state index is 5.20. The number of aromatic nitrogens is 2. The fourth-order valence-corrected chi connectivity index (χ4v) is 2.29. The van der Waals surface area contributed by atoms with Gasteiger partial charge in [-0.05, 0) is 26.8 Å². The van der Waals surface area contributed by atoms with Crippen molar-refractivity contribution in [2.45, 2.75) is 26.3 Å². The Morgan fingerprint density at radius 3 is 2.94 bits per heavy atom. The molecule has 0 aromatic carbocycles. The van der Waals surface area contributed by atoms with Crippen LogP contribution in [0.3, 0.4) is 0 Å². The molecule has 1 fully saturated rings. The fraction of sp³-hybridized carbons (Fsp3) is 0.667. The number of hydrogen-bond donors (Lipinski definition) is 1. The molecule has 1 aromatic rings. The number of ether oxygens (including phenoxy) is 1. The molecule has 5 heteroatoms. The van der Waals surface area contributed by atoms with Crippen molar-refractivity contribution in [1.29, 1.82) is 0 Å². The second kappa shape index (κ2) is 5.31. The van der Waals surface area contributed by atoms with E-state index < -0.39 is 0 Å². The second-order valence-corrected chi connectivity index (χ2v) is 4.25. The van der Waals surface area contributed by atoms with Crippen LogP contribution in [-0.4, -0.2) is 42.8 Å². The lowest BCUT2D eigenvalue weighted by Crippen LogP contribution is -2.37. The minimum atomic E-state index is 0.527. The summed E-state index contributed by atoms with van der Waals surface area (Å²) in [5, 5.41) is 3.38. The monoisotopic (exact) mass is 236 g/mol. The van der Waals surface area contributed by atoms with E-state index >= 15 is 0 Å². The maximum Gasteiger partial charge on any atom is 0.218 e. The number of nitrogens with one attached hydrogen (secondary N) is 1. The number of rotatable bonds is 4. The summed E-state index contributed by atoms with van der Waals surface area (Å²) < 4.78 is 5.20. The van der Waals surface area contributed by atoms with E-state index in [0.717, 1.165) is 31.3 Å². The highest BCUT2D eigenvalue weighted by atomic mass is 16.5. The summed E-state index contributed by atoms with van der Waals surface area (Å²) in [5.41, 5.74) is 0. The molecule has 0 saturated carbocycles. The molecule has 0 bridgehead atoms. The van der Waals surface area contributed by atoms with Crippen LogP contribution in [0.4, 0.5) is 5.82 Å². The molecule has 0 amide bonds. The van der Waals surface area contributed by atoms with Crippen LogP contribution in [0.5, 0.6) is 5.88 Å². The zero-order chi connectivity index (χ0) is 12.3. The molecule has 0 radical (unpaired) electrons. The van der Waals surface area contributed by atoms with Gasteiger partial charge in [0.2, 0.25) is 5.88 Å². The maximum atomic E-state index is 5.20. The molecule has 1 atom stereocenters. The molecule has 2 heterocycles. The second-order valence-electron chi connectivity index (χ2n) is 4.25. The topological polar surface area (TPSA) is 50.3 Å².